The van der Waals surface area contributed by atoms with Gasteiger partial charge in [-0.15, -0.1) is 10.2 Å². The molecular formula is C20H15ClN4O2S. The van der Waals surface area contributed by atoms with Gasteiger partial charge in [-0.2, -0.15) is 5.26 Å². The summed E-state index contributed by atoms with van der Waals surface area (Å²) < 4.78 is 5.41. The third-order valence-corrected chi connectivity index (χ3v) is 4.88. The molecule has 1 atom stereocenters. The summed E-state index contributed by atoms with van der Waals surface area (Å²) >= 11 is 7.44. The number of aromatic nitrogens is 2. The summed E-state index contributed by atoms with van der Waals surface area (Å²) in [5.41, 5.74) is 1.51. The molecule has 1 amide bonds. The number of hydrogen-bond acceptors (Lipinski definition) is 6. The van der Waals surface area contributed by atoms with E-state index in [9.17, 15) is 4.79 Å². The van der Waals surface area contributed by atoms with Crippen LogP contribution in [-0.2, 0) is 0 Å². The fourth-order valence-electron chi connectivity index (χ4n) is 2.20. The Kier molecular flexibility index (Phi) is 6.37. The average Bonchev–Trinajstić information content (AvgIpc) is 3.21. The molecule has 0 aliphatic heterocycles. The number of para-hydroxylation sites is 1. The molecule has 0 aliphatic rings. The monoisotopic (exact) mass is 410 g/mol. The van der Waals surface area contributed by atoms with Gasteiger partial charge in [-0.05, 0) is 42.8 Å². The van der Waals surface area contributed by atoms with Crippen LogP contribution in [0.5, 0.6) is 5.75 Å². The summed E-state index contributed by atoms with van der Waals surface area (Å²) in [6, 6.07) is 18.2. The first-order chi connectivity index (χ1) is 13.5. The maximum Gasteiger partial charge on any atom is 0.286 e. The number of carbonyl (C=O) groups is 1. The molecule has 0 fully saturated rings. The topological polar surface area (TPSA) is 87.9 Å². The number of nitrogens with one attached hydrogen (secondary N) is 1. The van der Waals surface area contributed by atoms with Crippen molar-refractivity contribution in [3.8, 4) is 11.8 Å². The SMILES string of the molecule is CC(C#N)Oc1ccc(/C=C(/Cl)c2nnc(C(=O)Nc3ccccc3)s2)cc1. The van der Waals surface area contributed by atoms with Crippen LogP contribution in [0, 0.1) is 11.3 Å². The molecule has 6 nitrogen and oxygen atoms in total. The van der Waals surface area contributed by atoms with Gasteiger partial charge in [0.25, 0.3) is 5.91 Å². The second-order valence-electron chi connectivity index (χ2n) is 5.68. The van der Waals surface area contributed by atoms with Gasteiger partial charge in [-0.25, -0.2) is 0 Å². The van der Waals surface area contributed by atoms with Crippen molar-refractivity contribution in [2.75, 3.05) is 5.32 Å². The molecular weight excluding hydrogens is 396 g/mol. The second kappa shape index (κ2) is 9.13. The lowest BCUT2D eigenvalue weighted by atomic mass is 10.2. The van der Waals surface area contributed by atoms with Crippen molar-refractivity contribution in [3.05, 3.63) is 70.2 Å². The Balaban J connectivity index is 1.68. The van der Waals surface area contributed by atoms with Crippen molar-refractivity contribution in [2.24, 2.45) is 0 Å². The predicted molar refractivity (Wildman–Crippen MR) is 110 cm³/mol. The molecule has 3 rings (SSSR count). The molecule has 0 radical (unpaired) electrons. The number of benzene rings is 2. The van der Waals surface area contributed by atoms with Crippen LogP contribution in [0.25, 0.3) is 11.1 Å². The fraction of sp³-hybridized carbons (Fsp3) is 0.100. The zero-order valence-corrected chi connectivity index (χ0v) is 16.4. The van der Waals surface area contributed by atoms with Gasteiger partial charge in [0.05, 0.1) is 5.03 Å². The maximum atomic E-state index is 12.3. The number of nitriles is 1. The first-order valence-corrected chi connectivity index (χ1v) is 9.48. The van der Waals surface area contributed by atoms with E-state index in [1.54, 1.807) is 37.3 Å². The quantitative estimate of drug-likeness (QED) is 0.629. The number of ether oxygens (including phenoxy) is 1. The van der Waals surface area contributed by atoms with E-state index in [1.165, 1.54) is 0 Å². The molecule has 2 aromatic carbocycles. The summed E-state index contributed by atoms with van der Waals surface area (Å²) in [5, 5.41) is 20.5. The minimum Gasteiger partial charge on any atom is -0.476 e. The van der Waals surface area contributed by atoms with Crippen molar-refractivity contribution in [1.29, 1.82) is 5.26 Å². The third-order valence-electron chi connectivity index (χ3n) is 3.52. The number of halogens is 1. The number of carbonyl (C=O) groups excluding carboxylic acids is 1. The minimum absolute atomic E-state index is 0.222. The zero-order valence-electron chi connectivity index (χ0n) is 14.8. The van der Waals surface area contributed by atoms with Gasteiger partial charge in [-0.1, -0.05) is 53.3 Å². The van der Waals surface area contributed by atoms with Crippen molar-refractivity contribution in [1.82, 2.24) is 10.2 Å². The van der Waals surface area contributed by atoms with E-state index in [1.807, 2.05) is 36.4 Å². The lowest BCUT2D eigenvalue weighted by molar-refractivity contribution is 0.102. The van der Waals surface area contributed by atoms with Crippen LogP contribution in [-0.4, -0.2) is 22.2 Å². The van der Waals surface area contributed by atoms with Crippen LogP contribution in [0.15, 0.2) is 54.6 Å². The number of hydrogen-bond donors (Lipinski definition) is 1. The third kappa shape index (κ3) is 5.16. The molecule has 1 aromatic heterocycles. The fourth-order valence-corrected chi connectivity index (χ4v) is 3.12. The van der Waals surface area contributed by atoms with Gasteiger partial charge in [-0.3, -0.25) is 4.79 Å². The number of anilines is 1. The molecule has 0 aliphatic carbocycles. The molecule has 0 saturated carbocycles. The average molecular weight is 411 g/mol. The molecule has 1 heterocycles. The minimum atomic E-state index is -0.521. The Morgan fingerprint density at radius 3 is 2.54 bits per heavy atom. The molecule has 28 heavy (non-hydrogen) atoms. The molecule has 1 N–H and O–H groups in total. The van der Waals surface area contributed by atoms with E-state index >= 15 is 0 Å². The molecule has 0 saturated heterocycles. The van der Waals surface area contributed by atoms with Gasteiger partial charge in [0.1, 0.15) is 11.8 Å². The highest BCUT2D eigenvalue weighted by Gasteiger charge is 2.14. The van der Waals surface area contributed by atoms with Crippen LogP contribution in [0.3, 0.4) is 0 Å². The Morgan fingerprint density at radius 2 is 1.86 bits per heavy atom. The number of nitrogens with zero attached hydrogens (tertiary/aromatic N) is 3. The van der Waals surface area contributed by atoms with E-state index in [2.05, 4.69) is 15.5 Å². The van der Waals surface area contributed by atoms with Crippen LogP contribution >= 0.6 is 22.9 Å². The zero-order chi connectivity index (χ0) is 19.9. The first-order valence-electron chi connectivity index (χ1n) is 8.29. The highest BCUT2D eigenvalue weighted by Crippen LogP contribution is 2.26. The van der Waals surface area contributed by atoms with Crippen LogP contribution < -0.4 is 10.1 Å². The predicted octanol–water partition coefficient (Wildman–Crippen LogP) is 4.82. The van der Waals surface area contributed by atoms with Crippen molar-refractivity contribution in [2.45, 2.75) is 13.0 Å². The van der Waals surface area contributed by atoms with Gasteiger partial charge in [0.2, 0.25) is 5.01 Å². The Labute approximate surface area is 171 Å². The molecule has 0 bridgehead atoms. The lowest BCUT2D eigenvalue weighted by Gasteiger charge is -2.07. The van der Waals surface area contributed by atoms with Gasteiger partial charge < -0.3 is 10.1 Å². The Bertz CT molecular complexity index is 1030. The van der Waals surface area contributed by atoms with Crippen LogP contribution in [0.4, 0.5) is 5.69 Å². The Hall–Kier alpha value is -3.21. The molecule has 0 spiro atoms. The number of amides is 1. The van der Waals surface area contributed by atoms with Crippen LogP contribution in [0.2, 0.25) is 0 Å². The first kappa shape index (κ1) is 19.5. The second-order valence-corrected chi connectivity index (χ2v) is 7.07. The van der Waals surface area contributed by atoms with E-state index < -0.39 is 6.10 Å². The van der Waals surface area contributed by atoms with Crippen molar-refractivity contribution in [3.63, 3.8) is 0 Å². The summed E-state index contributed by atoms with van der Waals surface area (Å²) in [6.07, 6.45) is 1.20. The molecule has 3 aromatic rings. The van der Waals surface area contributed by atoms with E-state index in [4.69, 9.17) is 21.6 Å². The van der Waals surface area contributed by atoms with E-state index in [0.29, 0.717) is 21.5 Å². The summed E-state index contributed by atoms with van der Waals surface area (Å²) in [4.78, 5) is 12.3. The van der Waals surface area contributed by atoms with Crippen LogP contribution in [0.1, 0.15) is 27.3 Å². The highest BCUT2D eigenvalue weighted by molar-refractivity contribution is 7.15. The molecule has 140 valence electrons. The summed E-state index contributed by atoms with van der Waals surface area (Å²) in [7, 11) is 0. The highest BCUT2D eigenvalue weighted by atomic mass is 35.5. The Morgan fingerprint density at radius 1 is 1.18 bits per heavy atom. The maximum absolute atomic E-state index is 12.3. The van der Waals surface area contributed by atoms with Crippen molar-refractivity contribution >= 4 is 45.6 Å². The van der Waals surface area contributed by atoms with E-state index in [-0.39, 0.29) is 10.9 Å². The molecule has 8 heteroatoms. The lowest BCUT2D eigenvalue weighted by Crippen LogP contribution is -2.11. The largest absolute Gasteiger partial charge is 0.476 e. The van der Waals surface area contributed by atoms with E-state index in [0.717, 1.165) is 16.9 Å². The van der Waals surface area contributed by atoms with Gasteiger partial charge >= 0.3 is 0 Å². The van der Waals surface area contributed by atoms with Gasteiger partial charge in [0.15, 0.2) is 11.1 Å². The normalized spacial score (nSPS) is 12.1. The standard InChI is InChI=1S/C20H15ClN4O2S/c1-13(12-22)27-16-9-7-14(8-10-16)11-17(21)19-24-25-20(28-19)18(26)23-15-5-3-2-4-6-15/h2-11,13H,1H3,(H,23,26)/b17-11+. The smallest absolute Gasteiger partial charge is 0.286 e. The number of rotatable bonds is 6. The van der Waals surface area contributed by atoms with Crippen molar-refractivity contribution < 1.29 is 9.53 Å². The summed E-state index contributed by atoms with van der Waals surface area (Å²) in [6.45, 7) is 1.67. The summed E-state index contributed by atoms with van der Waals surface area (Å²) in [5.74, 6) is 0.255. The van der Waals surface area contributed by atoms with Gasteiger partial charge in [0, 0.05) is 5.69 Å². The molecule has 1 unspecified atom stereocenters.